The van der Waals surface area contributed by atoms with Gasteiger partial charge in [-0.1, -0.05) is 6.92 Å². The van der Waals surface area contributed by atoms with Crippen molar-refractivity contribution < 1.29 is 38.4 Å². The summed E-state index contributed by atoms with van der Waals surface area (Å²) in [5.74, 6) is -3.80. The maximum absolute atomic E-state index is 13.7. The highest BCUT2D eigenvalue weighted by atomic mass is 16.5. The molecule has 0 saturated carbocycles. The van der Waals surface area contributed by atoms with Gasteiger partial charge in [-0.25, -0.2) is 4.79 Å². The molecule has 0 fully saturated rings. The molecule has 1 aromatic rings. The van der Waals surface area contributed by atoms with Crippen LogP contribution >= 0.6 is 0 Å². The first-order valence-electron chi connectivity index (χ1n) is 11.0. The number of methoxy groups -OCH3 is 3. The number of esters is 2. The number of phenolic OH excluding ortho intramolecular Hbond substituents is 1. The Bertz CT molecular complexity index is 1060. The molecule has 2 aliphatic rings. The van der Waals surface area contributed by atoms with Gasteiger partial charge >= 0.3 is 11.9 Å². The molecule has 34 heavy (non-hydrogen) atoms. The number of carbonyl (C=O) groups is 3. The third-order valence-corrected chi connectivity index (χ3v) is 6.14. The van der Waals surface area contributed by atoms with E-state index in [1.54, 1.807) is 32.9 Å². The number of ketones is 1. The van der Waals surface area contributed by atoms with E-state index in [1.165, 1.54) is 21.3 Å². The highest BCUT2D eigenvalue weighted by molar-refractivity contribution is 6.12. The zero-order chi connectivity index (χ0) is 25.3. The number of ether oxygens (including phenoxy) is 4. The average Bonchev–Trinajstić information content (AvgIpc) is 2.77. The number of hydrogen-bond acceptors (Lipinski definition) is 9. The van der Waals surface area contributed by atoms with Crippen LogP contribution in [0.5, 0.6) is 17.2 Å². The van der Waals surface area contributed by atoms with Gasteiger partial charge in [-0.2, -0.15) is 0 Å². The summed E-state index contributed by atoms with van der Waals surface area (Å²) >= 11 is 0. The van der Waals surface area contributed by atoms with E-state index < -0.39 is 35.7 Å². The molecule has 1 heterocycles. The number of nitrogens with one attached hydrogen (secondary N) is 1. The molecule has 0 aromatic heterocycles. The summed E-state index contributed by atoms with van der Waals surface area (Å²) in [5, 5.41) is 13.6. The molecule has 0 unspecified atom stereocenters. The van der Waals surface area contributed by atoms with Crippen LogP contribution < -0.4 is 14.8 Å². The third-order valence-electron chi connectivity index (χ3n) is 6.14. The maximum Gasteiger partial charge on any atom is 0.337 e. The number of phenols is 1. The van der Waals surface area contributed by atoms with E-state index in [1.807, 2.05) is 6.92 Å². The van der Waals surface area contributed by atoms with Crippen LogP contribution in [0.2, 0.25) is 0 Å². The van der Waals surface area contributed by atoms with Gasteiger partial charge in [-0.15, -0.1) is 0 Å². The molecular formula is C25H31NO8. The van der Waals surface area contributed by atoms with E-state index in [0.29, 0.717) is 23.4 Å². The highest BCUT2D eigenvalue weighted by Crippen LogP contribution is 2.48. The summed E-state index contributed by atoms with van der Waals surface area (Å²) in [4.78, 5) is 39.5. The fourth-order valence-corrected chi connectivity index (χ4v) is 4.64. The van der Waals surface area contributed by atoms with E-state index in [0.717, 1.165) is 0 Å². The summed E-state index contributed by atoms with van der Waals surface area (Å²) in [6, 6.07) is 3.10. The minimum atomic E-state index is -1.00. The van der Waals surface area contributed by atoms with E-state index in [4.69, 9.17) is 18.9 Å². The Labute approximate surface area is 198 Å². The normalized spacial score (nSPS) is 22.2. The van der Waals surface area contributed by atoms with Gasteiger partial charge in [-0.05, 0) is 50.8 Å². The molecule has 3 atom stereocenters. The number of benzene rings is 1. The van der Waals surface area contributed by atoms with Crippen molar-refractivity contribution >= 4 is 17.7 Å². The Morgan fingerprint density at radius 1 is 1.12 bits per heavy atom. The first-order valence-corrected chi connectivity index (χ1v) is 11.0. The minimum Gasteiger partial charge on any atom is -0.502 e. The molecule has 184 valence electrons. The van der Waals surface area contributed by atoms with Gasteiger partial charge in [0.2, 0.25) is 5.75 Å². The lowest BCUT2D eigenvalue weighted by atomic mass is 9.69. The Balaban J connectivity index is 2.28. The highest BCUT2D eigenvalue weighted by Gasteiger charge is 2.47. The molecule has 0 spiro atoms. The quantitative estimate of drug-likeness (QED) is 0.474. The minimum absolute atomic E-state index is 0.116. The molecule has 9 nitrogen and oxygen atoms in total. The fraction of sp³-hybridized carbons (Fsp3) is 0.480. The molecule has 1 aliphatic heterocycles. The van der Waals surface area contributed by atoms with Gasteiger partial charge in [0.05, 0.1) is 33.0 Å². The van der Waals surface area contributed by atoms with Crippen LogP contribution in [-0.4, -0.2) is 50.3 Å². The van der Waals surface area contributed by atoms with Crippen molar-refractivity contribution in [1.82, 2.24) is 5.32 Å². The summed E-state index contributed by atoms with van der Waals surface area (Å²) in [7, 11) is 4.02. The number of rotatable bonds is 6. The third kappa shape index (κ3) is 4.34. The van der Waals surface area contributed by atoms with Gasteiger partial charge in [0.15, 0.2) is 17.3 Å². The van der Waals surface area contributed by atoms with Crippen LogP contribution in [0.3, 0.4) is 0 Å². The topological polar surface area (TPSA) is 120 Å². The molecule has 0 saturated heterocycles. The Hall–Kier alpha value is -3.49. The number of dihydropyridines is 1. The van der Waals surface area contributed by atoms with Crippen molar-refractivity contribution in [3.05, 3.63) is 40.2 Å². The van der Waals surface area contributed by atoms with Crippen LogP contribution in [0.4, 0.5) is 0 Å². The predicted molar refractivity (Wildman–Crippen MR) is 122 cm³/mol. The van der Waals surface area contributed by atoms with Crippen LogP contribution in [0.25, 0.3) is 0 Å². The Morgan fingerprint density at radius 3 is 2.21 bits per heavy atom. The molecule has 1 aromatic carbocycles. The number of carbonyl (C=O) groups excluding carboxylic acids is 3. The van der Waals surface area contributed by atoms with Crippen molar-refractivity contribution in [3.63, 3.8) is 0 Å². The van der Waals surface area contributed by atoms with Crippen molar-refractivity contribution in [2.75, 3.05) is 21.3 Å². The lowest BCUT2D eigenvalue weighted by Gasteiger charge is -2.38. The number of aromatic hydroxyl groups is 1. The second-order valence-corrected chi connectivity index (χ2v) is 8.76. The number of Topliss-reactive ketones (excluding diaryl/α,β-unsaturated/α-hetero) is 1. The first-order chi connectivity index (χ1) is 16.0. The van der Waals surface area contributed by atoms with Crippen LogP contribution in [0, 0.1) is 11.8 Å². The summed E-state index contributed by atoms with van der Waals surface area (Å²) in [6.45, 7) is 7.02. The van der Waals surface area contributed by atoms with Crippen molar-refractivity contribution in [1.29, 1.82) is 0 Å². The second-order valence-electron chi connectivity index (χ2n) is 8.76. The monoisotopic (exact) mass is 473 g/mol. The van der Waals surface area contributed by atoms with E-state index in [2.05, 4.69) is 5.32 Å². The van der Waals surface area contributed by atoms with Gasteiger partial charge in [0.25, 0.3) is 0 Å². The molecule has 0 radical (unpaired) electrons. The molecule has 0 amide bonds. The molecule has 0 bridgehead atoms. The average molecular weight is 474 g/mol. The lowest BCUT2D eigenvalue weighted by Crippen LogP contribution is -2.43. The molecule has 1 aliphatic carbocycles. The smallest absolute Gasteiger partial charge is 0.337 e. The molecule has 9 heteroatoms. The molecular weight excluding hydrogens is 442 g/mol. The zero-order valence-electron chi connectivity index (χ0n) is 20.5. The van der Waals surface area contributed by atoms with Crippen LogP contribution in [0.1, 0.15) is 45.6 Å². The predicted octanol–water partition coefficient (Wildman–Crippen LogP) is 2.97. The second kappa shape index (κ2) is 9.79. The van der Waals surface area contributed by atoms with Gasteiger partial charge in [0.1, 0.15) is 5.92 Å². The summed E-state index contributed by atoms with van der Waals surface area (Å²) in [6.07, 6.45) is 0.0192. The Kier molecular flexibility index (Phi) is 7.24. The lowest BCUT2D eigenvalue weighted by molar-refractivity contribution is -0.151. The van der Waals surface area contributed by atoms with Crippen molar-refractivity contribution in [2.45, 2.75) is 46.1 Å². The van der Waals surface area contributed by atoms with Gasteiger partial charge < -0.3 is 29.4 Å². The molecule has 2 N–H and O–H groups in total. The van der Waals surface area contributed by atoms with Crippen molar-refractivity contribution in [2.24, 2.45) is 11.8 Å². The first kappa shape index (κ1) is 25.1. The van der Waals surface area contributed by atoms with E-state index >= 15 is 0 Å². The number of allylic oxidation sites excluding steroid dienone is 3. The summed E-state index contributed by atoms with van der Waals surface area (Å²) < 4.78 is 21.0. The number of hydrogen-bond donors (Lipinski definition) is 2. The zero-order valence-corrected chi connectivity index (χ0v) is 20.5. The van der Waals surface area contributed by atoms with Crippen LogP contribution in [0.15, 0.2) is 34.7 Å². The van der Waals surface area contributed by atoms with E-state index in [9.17, 15) is 19.5 Å². The molecule has 3 rings (SSSR count). The fourth-order valence-electron chi connectivity index (χ4n) is 4.64. The SMILES string of the molecule is COC(=O)[C@@H]1C(=O)C2=C(C[C@@H]1C)NC(C)=C(C(=O)OC(C)C)[C@H]2c1cc(OC)c(O)c(OC)c1. The summed E-state index contributed by atoms with van der Waals surface area (Å²) in [5.41, 5.74) is 2.16. The van der Waals surface area contributed by atoms with E-state index in [-0.39, 0.29) is 34.3 Å². The van der Waals surface area contributed by atoms with Crippen LogP contribution in [-0.2, 0) is 23.9 Å². The Morgan fingerprint density at radius 2 is 1.71 bits per heavy atom. The maximum atomic E-state index is 13.7. The van der Waals surface area contributed by atoms with Gasteiger partial charge in [0, 0.05) is 22.9 Å². The largest absolute Gasteiger partial charge is 0.502 e. The standard InChI is InChI=1S/C25H31NO8/c1-11(2)34-25(30)19-13(4)26-15-8-12(3)18(24(29)33-7)23(28)21(15)20(19)14-9-16(31-5)22(27)17(10-14)32-6/h9-12,18,20,26-27H,8H2,1-7H3/t12-,18-,20+/m0/s1. The van der Waals surface area contributed by atoms with Crippen molar-refractivity contribution in [3.8, 4) is 17.2 Å². The van der Waals surface area contributed by atoms with Gasteiger partial charge in [-0.3, -0.25) is 9.59 Å².